The Labute approximate surface area is 137 Å². The molecule has 1 aliphatic carbocycles. The first kappa shape index (κ1) is 15.3. The molecule has 0 radical (unpaired) electrons. The summed E-state index contributed by atoms with van der Waals surface area (Å²) in [5.41, 5.74) is 4.95. The zero-order chi connectivity index (χ0) is 15.5. The highest BCUT2D eigenvalue weighted by Gasteiger charge is 2.20. The Morgan fingerprint density at radius 1 is 1.18 bits per heavy atom. The smallest absolute Gasteiger partial charge is 0.273 e. The van der Waals surface area contributed by atoms with Gasteiger partial charge in [0, 0.05) is 16.5 Å². The normalized spacial score (nSPS) is 15.1. The minimum Gasteiger partial charge on any atom is -0.273 e. The van der Waals surface area contributed by atoms with E-state index in [1.165, 1.54) is 24.2 Å². The molecule has 2 aromatic rings. The third-order valence-corrected chi connectivity index (χ3v) is 5.68. The maximum absolute atomic E-state index is 12.2. The molecule has 1 aromatic carbocycles. The van der Waals surface area contributed by atoms with Crippen molar-refractivity contribution in [1.82, 2.24) is 10.9 Å². The third-order valence-electron chi connectivity index (χ3n) is 4.01. The summed E-state index contributed by atoms with van der Waals surface area (Å²) in [4.78, 5) is 24.4. The summed E-state index contributed by atoms with van der Waals surface area (Å²) in [5, 5.41) is 1.29. The van der Waals surface area contributed by atoms with Gasteiger partial charge in [0.15, 0.2) is 0 Å². The van der Waals surface area contributed by atoms with Crippen molar-refractivity contribution in [3.8, 4) is 0 Å². The molecule has 0 unspecified atom stereocenters. The highest BCUT2D eigenvalue weighted by molar-refractivity contribution is 7.21. The number of amides is 2. The lowest BCUT2D eigenvalue weighted by atomic mass is 10.0. The van der Waals surface area contributed by atoms with E-state index in [1.54, 1.807) is 0 Å². The van der Waals surface area contributed by atoms with E-state index >= 15 is 0 Å². The number of carbonyl (C=O) groups is 2. The van der Waals surface area contributed by atoms with Crippen LogP contribution in [0.2, 0.25) is 5.02 Å². The summed E-state index contributed by atoms with van der Waals surface area (Å²) in [6, 6.07) is 7.58. The van der Waals surface area contributed by atoms with Crippen LogP contribution >= 0.6 is 22.9 Å². The van der Waals surface area contributed by atoms with Crippen molar-refractivity contribution in [2.75, 3.05) is 0 Å². The van der Waals surface area contributed by atoms with Crippen LogP contribution in [0, 0.1) is 5.92 Å². The van der Waals surface area contributed by atoms with Gasteiger partial charge >= 0.3 is 0 Å². The van der Waals surface area contributed by atoms with Crippen molar-refractivity contribution >= 4 is 44.8 Å². The second-order valence-corrected chi connectivity index (χ2v) is 7.03. The lowest BCUT2D eigenvalue weighted by Gasteiger charge is -2.10. The van der Waals surface area contributed by atoms with Crippen LogP contribution in [-0.2, 0) is 4.79 Å². The number of benzene rings is 1. The molecule has 2 amide bonds. The van der Waals surface area contributed by atoms with Gasteiger partial charge in [-0.15, -0.1) is 11.3 Å². The van der Waals surface area contributed by atoms with Gasteiger partial charge in [-0.2, -0.15) is 0 Å². The van der Waals surface area contributed by atoms with Crippen LogP contribution in [0.4, 0.5) is 0 Å². The lowest BCUT2D eigenvalue weighted by molar-refractivity contribution is -0.122. The molecule has 4 nitrogen and oxygen atoms in total. The van der Waals surface area contributed by atoms with Gasteiger partial charge in [-0.05, 0) is 24.8 Å². The molecule has 0 aliphatic heterocycles. The Morgan fingerprint density at radius 3 is 2.64 bits per heavy atom. The minimum atomic E-state index is -0.369. The lowest BCUT2D eigenvalue weighted by Crippen LogP contribution is -2.41. The number of carbonyl (C=O) groups excluding carboxylic acids is 2. The van der Waals surface area contributed by atoms with E-state index in [4.69, 9.17) is 11.6 Å². The third kappa shape index (κ3) is 3.25. The van der Waals surface area contributed by atoms with Crippen LogP contribution in [0.25, 0.3) is 10.1 Å². The quantitative estimate of drug-likeness (QED) is 0.835. The van der Waals surface area contributed by atoms with Crippen molar-refractivity contribution in [3.05, 3.63) is 34.2 Å². The van der Waals surface area contributed by atoms with Gasteiger partial charge < -0.3 is 0 Å². The minimum absolute atomic E-state index is 0.141. The predicted molar refractivity (Wildman–Crippen MR) is 89.0 cm³/mol. The van der Waals surface area contributed by atoms with Gasteiger partial charge in [0.2, 0.25) is 5.91 Å². The van der Waals surface area contributed by atoms with Crippen molar-refractivity contribution in [2.45, 2.75) is 32.1 Å². The highest BCUT2D eigenvalue weighted by Crippen LogP contribution is 2.34. The summed E-state index contributed by atoms with van der Waals surface area (Å²) in [5.74, 6) is -0.0618. The molecule has 1 fully saturated rings. The van der Waals surface area contributed by atoms with Crippen molar-refractivity contribution in [3.63, 3.8) is 0 Å². The molecule has 1 aromatic heterocycles. The van der Waals surface area contributed by atoms with E-state index in [9.17, 15) is 9.59 Å². The summed E-state index contributed by atoms with van der Waals surface area (Å²) in [6.45, 7) is 0. The maximum Gasteiger partial charge on any atom is 0.281 e. The summed E-state index contributed by atoms with van der Waals surface area (Å²) in [6.07, 6.45) is 5.07. The van der Waals surface area contributed by atoms with Crippen LogP contribution in [0.5, 0.6) is 0 Å². The van der Waals surface area contributed by atoms with Gasteiger partial charge in [-0.3, -0.25) is 20.4 Å². The SMILES string of the molecule is O=C(CC1CCCC1)NNC(=O)c1sc2ccccc2c1Cl. The number of halogens is 1. The topological polar surface area (TPSA) is 58.2 Å². The monoisotopic (exact) mass is 336 g/mol. The molecule has 1 aliphatic rings. The van der Waals surface area contributed by atoms with Gasteiger partial charge in [-0.1, -0.05) is 42.6 Å². The first-order valence-electron chi connectivity index (χ1n) is 7.41. The van der Waals surface area contributed by atoms with E-state index < -0.39 is 0 Å². The standard InChI is InChI=1S/C16H17ClN2O2S/c17-14-11-7-3-4-8-12(11)22-15(14)16(21)19-18-13(20)9-10-5-1-2-6-10/h3-4,7-8,10H,1-2,5-6,9H2,(H,18,20)(H,19,21). The van der Waals surface area contributed by atoms with Crippen LogP contribution in [0.1, 0.15) is 41.8 Å². The molecule has 6 heteroatoms. The first-order valence-corrected chi connectivity index (χ1v) is 8.61. The van der Waals surface area contributed by atoms with Crippen molar-refractivity contribution < 1.29 is 9.59 Å². The van der Waals surface area contributed by atoms with Crippen molar-refractivity contribution in [1.29, 1.82) is 0 Å². The number of hydrogen-bond donors (Lipinski definition) is 2. The molecular weight excluding hydrogens is 320 g/mol. The fourth-order valence-electron chi connectivity index (χ4n) is 2.87. The fraction of sp³-hybridized carbons (Fsp3) is 0.375. The Kier molecular flexibility index (Phi) is 4.64. The Morgan fingerprint density at radius 2 is 1.91 bits per heavy atom. The van der Waals surface area contributed by atoms with Crippen LogP contribution in [0.15, 0.2) is 24.3 Å². The van der Waals surface area contributed by atoms with Gasteiger partial charge in [0.1, 0.15) is 4.88 Å². The molecule has 0 atom stereocenters. The number of nitrogens with one attached hydrogen (secondary N) is 2. The molecular formula is C16H17ClN2O2S. The number of hydrogen-bond acceptors (Lipinski definition) is 3. The van der Waals surface area contributed by atoms with Crippen LogP contribution < -0.4 is 10.9 Å². The van der Waals surface area contributed by atoms with E-state index in [0.29, 0.717) is 22.2 Å². The Hall–Kier alpha value is -1.59. The van der Waals surface area contributed by atoms with E-state index in [2.05, 4.69) is 10.9 Å². The largest absolute Gasteiger partial charge is 0.281 e. The molecule has 0 spiro atoms. The molecule has 1 saturated carbocycles. The van der Waals surface area contributed by atoms with E-state index in [1.807, 2.05) is 24.3 Å². The second-order valence-electron chi connectivity index (χ2n) is 5.60. The molecule has 1 heterocycles. The average molecular weight is 337 g/mol. The molecule has 3 rings (SSSR count). The maximum atomic E-state index is 12.2. The van der Waals surface area contributed by atoms with Crippen LogP contribution in [-0.4, -0.2) is 11.8 Å². The van der Waals surface area contributed by atoms with Crippen molar-refractivity contribution in [2.24, 2.45) is 5.92 Å². The highest BCUT2D eigenvalue weighted by atomic mass is 35.5. The zero-order valence-corrected chi connectivity index (χ0v) is 13.6. The number of hydrazine groups is 1. The van der Waals surface area contributed by atoms with E-state index in [0.717, 1.165) is 22.9 Å². The van der Waals surface area contributed by atoms with E-state index in [-0.39, 0.29) is 11.8 Å². The molecule has 116 valence electrons. The number of fused-ring (bicyclic) bond motifs is 1. The number of rotatable bonds is 3. The average Bonchev–Trinajstić information content (AvgIpc) is 3.13. The summed E-state index contributed by atoms with van der Waals surface area (Å²) < 4.78 is 0.954. The van der Waals surface area contributed by atoms with Crippen LogP contribution in [0.3, 0.4) is 0 Å². The van der Waals surface area contributed by atoms with Gasteiger partial charge in [-0.25, -0.2) is 0 Å². The molecule has 2 N–H and O–H groups in total. The van der Waals surface area contributed by atoms with Gasteiger partial charge in [0.25, 0.3) is 5.91 Å². The Balaban J connectivity index is 1.61. The number of thiophene rings is 1. The second kappa shape index (κ2) is 6.67. The zero-order valence-electron chi connectivity index (χ0n) is 12.0. The summed E-state index contributed by atoms with van der Waals surface area (Å²) in [7, 11) is 0. The molecule has 0 saturated heterocycles. The fourth-order valence-corrected chi connectivity index (χ4v) is 4.28. The van der Waals surface area contributed by atoms with Gasteiger partial charge in [0.05, 0.1) is 5.02 Å². The molecule has 22 heavy (non-hydrogen) atoms. The predicted octanol–water partition coefficient (Wildman–Crippen LogP) is 3.90. The summed E-state index contributed by atoms with van der Waals surface area (Å²) >= 11 is 7.56. The first-order chi connectivity index (χ1) is 10.6. The Bertz CT molecular complexity index is 707. The molecule has 0 bridgehead atoms.